The zero-order chi connectivity index (χ0) is 10.0. The summed E-state index contributed by atoms with van der Waals surface area (Å²) in [4.78, 5) is 11.2. The van der Waals surface area contributed by atoms with Crippen molar-refractivity contribution in [3.8, 4) is 0 Å². The number of halogens is 3. The normalized spacial score (nSPS) is 9.77. The molecule has 0 aliphatic carbocycles. The Morgan fingerprint density at radius 2 is 1.69 bits per heavy atom. The second kappa shape index (κ2) is 4.14. The molecule has 0 radical (unpaired) electrons. The monoisotopic (exact) mass is 234 g/mol. The predicted octanol–water partition coefficient (Wildman–Crippen LogP) is 4.02. The van der Waals surface area contributed by atoms with Crippen LogP contribution in [-0.4, -0.2) is 5.78 Å². The number of carbonyl (C=O) groups is 1. The van der Waals surface area contributed by atoms with Gasteiger partial charge in [-0.3, -0.25) is 4.79 Å². The van der Waals surface area contributed by atoms with Crippen LogP contribution in [0.1, 0.15) is 10.4 Å². The average molecular weight is 235 g/mol. The number of hydrogen-bond acceptors (Lipinski definition) is 1. The lowest BCUT2D eigenvalue weighted by molar-refractivity contribution is 0.104. The second-order valence-corrected chi connectivity index (χ2v) is 3.56. The Morgan fingerprint density at radius 1 is 1.23 bits per heavy atom. The van der Waals surface area contributed by atoms with Gasteiger partial charge in [-0.05, 0) is 18.2 Å². The van der Waals surface area contributed by atoms with E-state index in [4.69, 9.17) is 34.8 Å². The van der Waals surface area contributed by atoms with Crippen molar-refractivity contribution >= 4 is 40.6 Å². The second-order valence-electron chi connectivity index (χ2n) is 2.31. The zero-order valence-corrected chi connectivity index (χ0v) is 8.75. The van der Waals surface area contributed by atoms with Crippen LogP contribution in [0.15, 0.2) is 24.8 Å². The Balaban J connectivity index is 3.36. The minimum atomic E-state index is -0.313. The molecule has 0 aromatic heterocycles. The molecule has 0 fully saturated rings. The molecular formula is C9H5Cl3O. The molecule has 0 saturated carbocycles. The van der Waals surface area contributed by atoms with E-state index in [1.165, 1.54) is 12.1 Å². The van der Waals surface area contributed by atoms with Crippen LogP contribution in [0, 0.1) is 0 Å². The van der Waals surface area contributed by atoms with E-state index in [0.717, 1.165) is 6.08 Å². The molecule has 68 valence electrons. The van der Waals surface area contributed by atoms with Gasteiger partial charge in [-0.15, -0.1) is 0 Å². The third-order valence-corrected chi connectivity index (χ3v) is 2.25. The highest BCUT2D eigenvalue weighted by Crippen LogP contribution is 2.29. The standard InChI is InChI=1S/C9H5Cl3O/c1-2-8(13)9-6(11)3-5(10)4-7(9)12/h2-4H,1H2. The van der Waals surface area contributed by atoms with Gasteiger partial charge in [-0.2, -0.15) is 0 Å². The van der Waals surface area contributed by atoms with Crippen molar-refractivity contribution in [3.05, 3.63) is 45.4 Å². The highest BCUT2D eigenvalue weighted by Gasteiger charge is 2.12. The molecule has 0 amide bonds. The SMILES string of the molecule is C=CC(=O)c1c(Cl)cc(Cl)cc1Cl. The first-order valence-electron chi connectivity index (χ1n) is 3.37. The summed E-state index contributed by atoms with van der Waals surface area (Å²) in [7, 11) is 0. The molecule has 0 atom stereocenters. The first kappa shape index (κ1) is 10.6. The fraction of sp³-hybridized carbons (Fsp3) is 0. The maximum Gasteiger partial charge on any atom is 0.188 e. The maximum atomic E-state index is 11.2. The van der Waals surface area contributed by atoms with Crippen molar-refractivity contribution in [1.29, 1.82) is 0 Å². The highest BCUT2D eigenvalue weighted by molar-refractivity contribution is 6.42. The minimum absolute atomic E-state index is 0.238. The number of ketones is 1. The number of rotatable bonds is 2. The Hall–Kier alpha value is -0.500. The summed E-state index contributed by atoms with van der Waals surface area (Å²) in [5.74, 6) is -0.313. The summed E-state index contributed by atoms with van der Waals surface area (Å²) in [5, 5.41) is 0.875. The Kier molecular flexibility index (Phi) is 3.37. The molecule has 1 nitrogen and oxygen atoms in total. The van der Waals surface area contributed by atoms with Gasteiger partial charge in [-0.25, -0.2) is 0 Å². The summed E-state index contributed by atoms with van der Waals surface area (Å²) in [6, 6.07) is 2.93. The van der Waals surface area contributed by atoms with Crippen molar-refractivity contribution < 1.29 is 4.79 Å². The lowest BCUT2D eigenvalue weighted by Gasteiger charge is -2.03. The van der Waals surface area contributed by atoms with Gasteiger partial charge in [0.25, 0.3) is 0 Å². The van der Waals surface area contributed by atoms with Crippen molar-refractivity contribution in [3.63, 3.8) is 0 Å². The van der Waals surface area contributed by atoms with Crippen LogP contribution in [0.4, 0.5) is 0 Å². The molecule has 0 spiro atoms. The van der Waals surface area contributed by atoms with Crippen molar-refractivity contribution in [2.75, 3.05) is 0 Å². The van der Waals surface area contributed by atoms with Gasteiger partial charge in [0.2, 0.25) is 0 Å². The molecule has 0 aliphatic heterocycles. The summed E-state index contributed by atoms with van der Waals surface area (Å²) in [5.41, 5.74) is 0.239. The Labute approximate surface area is 90.9 Å². The molecule has 4 heteroatoms. The lowest BCUT2D eigenvalue weighted by atomic mass is 10.1. The van der Waals surface area contributed by atoms with Crippen LogP contribution in [0.25, 0.3) is 0 Å². The number of allylic oxidation sites excluding steroid dienone is 1. The van der Waals surface area contributed by atoms with Crippen molar-refractivity contribution in [2.45, 2.75) is 0 Å². The fourth-order valence-electron chi connectivity index (χ4n) is 0.880. The van der Waals surface area contributed by atoms with Gasteiger partial charge in [0, 0.05) is 5.02 Å². The van der Waals surface area contributed by atoms with Crippen LogP contribution in [-0.2, 0) is 0 Å². The van der Waals surface area contributed by atoms with Gasteiger partial charge in [0.05, 0.1) is 15.6 Å². The topological polar surface area (TPSA) is 17.1 Å². The zero-order valence-electron chi connectivity index (χ0n) is 6.48. The van der Waals surface area contributed by atoms with Crippen molar-refractivity contribution in [1.82, 2.24) is 0 Å². The molecule has 1 aromatic carbocycles. The summed E-state index contributed by atoms with van der Waals surface area (Å²) in [6.45, 7) is 3.34. The van der Waals surface area contributed by atoms with E-state index in [-0.39, 0.29) is 21.4 Å². The lowest BCUT2D eigenvalue weighted by Crippen LogP contribution is -1.96. The third-order valence-electron chi connectivity index (χ3n) is 1.44. The van der Waals surface area contributed by atoms with E-state index >= 15 is 0 Å². The molecule has 0 saturated heterocycles. The van der Waals surface area contributed by atoms with Crippen LogP contribution in [0.2, 0.25) is 15.1 Å². The van der Waals surface area contributed by atoms with Gasteiger partial charge in [-0.1, -0.05) is 41.4 Å². The smallest absolute Gasteiger partial charge is 0.188 e. The minimum Gasteiger partial charge on any atom is -0.289 e. The van der Waals surface area contributed by atoms with E-state index in [1.807, 2.05) is 0 Å². The number of carbonyl (C=O) groups excluding carboxylic acids is 1. The molecule has 0 N–H and O–H groups in total. The molecule has 0 heterocycles. The van der Waals surface area contributed by atoms with E-state index in [0.29, 0.717) is 5.02 Å². The summed E-state index contributed by atoms with van der Waals surface area (Å²) >= 11 is 17.2. The maximum absolute atomic E-state index is 11.2. The molecule has 1 aromatic rings. The van der Waals surface area contributed by atoms with Crippen LogP contribution in [0.5, 0.6) is 0 Å². The number of benzene rings is 1. The molecule has 0 bridgehead atoms. The van der Waals surface area contributed by atoms with Crippen molar-refractivity contribution in [2.24, 2.45) is 0 Å². The van der Waals surface area contributed by atoms with E-state index in [2.05, 4.69) is 6.58 Å². The van der Waals surface area contributed by atoms with E-state index < -0.39 is 0 Å². The highest BCUT2D eigenvalue weighted by atomic mass is 35.5. The molecular weight excluding hydrogens is 230 g/mol. The molecule has 13 heavy (non-hydrogen) atoms. The first-order chi connectivity index (χ1) is 6.06. The van der Waals surface area contributed by atoms with E-state index in [1.54, 1.807) is 0 Å². The Morgan fingerprint density at radius 3 is 2.08 bits per heavy atom. The predicted molar refractivity (Wildman–Crippen MR) is 56.0 cm³/mol. The van der Waals surface area contributed by atoms with Gasteiger partial charge >= 0.3 is 0 Å². The first-order valence-corrected chi connectivity index (χ1v) is 4.51. The molecule has 1 rings (SSSR count). The number of hydrogen-bond donors (Lipinski definition) is 0. The third kappa shape index (κ3) is 2.25. The summed E-state index contributed by atoms with van der Waals surface area (Å²) in [6.07, 6.45) is 1.15. The van der Waals surface area contributed by atoms with Gasteiger partial charge < -0.3 is 0 Å². The average Bonchev–Trinajstić information content (AvgIpc) is 2.02. The van der Waals surface area contributed by atoms with E-state index in [9.17, 15) is 4.79 Å². The van der Waals surface area contributed by atoms with Crippen LogP contribution >= 0.6 is 34.8 Å². The fourth-order valence-corrected chi connectivity index (χ4v) is 1.88. The van der Waals surface area contributed by atoms with Gasteiger partial charge in [0.15, 0.2) is 5.78 Å². The van der Waals surface area contributed by atoms with Gasteiger partial charge in [0.1, 0.15) is 0 Å². The quantitative estimate of drug-likeness (QED) is 0.559. The van der Waals surface area contributed by atoms with Crippen LogP contribution < -0.4 is 0 Å². The largest absolute Gasteiger partial charge is 0.289 e. The molecule has 0 unspecified atom stereocenters. The Bertz CT molecular complexity index is 348. The summed E-state index contributed by atoms with van der Waals surface area (Å²) < 4.78 is 0. The van der Waals surface area contributed by atoms with Crippen LogP contribution in [0.3, 0.4) is 0 Å². The molecule has 0 aliphatic rings.